The van der Waals surface area contributed by atoms with Gasteiger partial charge in [0.1, 0.15) is 0 Å². The fraction of sp³-hybridized carbons (Fsp3) is 1.00. The first-order valence-electron chi connectivity index (χ1n) is 4.17. The van der Waals surface area contributed by atoms with Crippen LogP contribution in [0.25, 0.3) is 0 Å². The Morgan fingerprint density at radius 3 is 1.73 bits per heavy atom. The number of alkyl halides is 6. The van der Waals surface area contributed by atoms with Crippen LogP contribution < -0.4 is 5.32 Å². The van der Waals surface area contributed by atoms with Gasteiger partial charge >= 0.3 is 12.4 Å². The second kappa shape index (κ2) is 3.51. The number of rotatable bonds is 1. The first-order valence-corrected chi connectivity index (χ1v) is 4.17. The van der Waals surface area contributed by atoms with E-state index in [9.17, 15) is 26.3 Å². The standard InChI is InChI=1S/C7H9F6NO/c8-6(9,10)5(15,7(11,12)13)4-1-2-14-3-4/h4,14-15H,1-3H2/t4-/m1/s1. The van der Waals surface area contributed by atoms with Crippen LogP contribution >= 0.6 is 0 Å². The molecule has 15 heavy (non-hydrogen) atoms. The zero-order valence-corrected chi connectivity index (χ0v) is 7.41. The second-order valence-electron chi connectivity index (χ2n) is 3.45. The smallest absolute Gasteiger partial charge is 0.373 e. The van der Waals surface area contributed by atoms with Crippen molar-refractivity contribution in [1.82, 2.24) is 5.32 Å². The Morgan fingerprint density at radius 2 is 1.47 bits per heavy atom. The predicted octanol–water partition coefficient (Wildman–Crippen LogP) is 1.45. The molecule has 1 heterocycles. The summed E-state index contributed by atoms with van der Waals surface area (Å²) in [6.07, 6.45) is -11.8. The number of halogens is 6. The molecule has 1 saturated heterocycles. The minimum Gasteiger partial charge on any atom is -0.373 e. The fourth-order valence-corrected chi connectivity index (χ4v) is 1.63. The SMILES string of the molecule is OC([C@@H]1CCNC1)(C(F)(F)F)C(F)(F)F. The van der Waals surface area contributed by atoms with Gasteiger partial charge in [0.15, 0.2) is 0 Å². The van der Waals surface area contributed by atoms with Crippen molar-refractivity contribution in [3.8, 4) is 0 Å². The van der Waals surface area contributed by atoms with Crippen LogP contribution in [0.1, 0.15) is 6.42 Å². The zero-order valence-electron chi connectivity index (χ0n) is 7.41. The van der Waals surface area contributed by atoms with Gasteiger partial charge in [0, 0.05) is 12.5 Å². The molecule has 0 radical (unpaired) electrons. The minimum atomic E-state index is -5.71. The molecular weight excluding hydrogens is 228 g/mol. The molecule has 2 N–H and O–H groups in total. The molecule has 1 atom stereocenters. The molecule has 0 unspecified atom stereocenters. The summed E-state index contributed by atoms with van der Waals surface area (Å²) < 4.78 is 73.5. The average molecular weight is 237 g/mol. The maximum absolute atomic E-state index is 12.3. The molecule has 0 bridgehead atoms. The van der Waals surface area contributed by atoms with Crippen LogP contribution in [0.2, 0.25) is 0 Å². The van der Waals surface area contributed by atoms with Gasteiger partial charge in [-0.05, 0) is 13.0 Å². The van der Waals surface area contributed by atoms with Crippen molar-refractivity contribution in [2.75, 3.05) is 13.1 Å². The maximum atomic E-state index is 12.3. The molecule has 0 aromatic heterocycles. The maximum Gasteiger partial charge on any atom is 0.426 e. The summed E-state index contributed by atoms with van der Waals surface area (Å²) in [5.41, 5.74) is -4.61. The van der Waals surface area contributed by atoms with Crippen LogP contribution in [0.5, 0.6) is 0 Å². The van der Waals surface area contributed by atoms with Crippen molar-refractivity contribution in [2.45, 2.75) is 24.4 Å². The second-order valence-corrected chi connectivity index (χ2v) is 3.45. The van der Waals surface area contributed by atoms with E-state index in [4.69, 9.17) is 5.11 Å². The van der Waals surface area contributed by atoms with Crippen molar-refractivity contribution in [2.24, 2.45) is 5.92 Å². The number of hydrogen-bond donors (Lipinski definition) is 2. The molecule has 0 amide bonds. The van der Waals surface area contributed by atoms with Crippen molar-refractivity contribution in [1.29, 1.82) is 0 Å². The molecule has 90 valence electrons. The highest BCUT2D eigenvalue weighted by Gasteiger charge is 2.73. The molecule has 0 aromatic rings. The number of nitrogens with one attached hydrogen (secondary N) is 1. The lowest BCUT2D eigenvalue weighted by Crippen LogP contribution is -2.62. The average Bonchev–Trinajstić information content (AvgIpc) is 2.49. The van der Waals surface area contributed by atoms with Gasteiger partial charge < -0.3 is 10.4 Å². The largest absolute Gasteiger partial charge is 0.426 e. The third-order valence-electron chi connectivity index (χ3n) is 2.52. The van der Waals surface area contributed by atoms with Crippen molar-refractivity contribution >= 4 is 0 Å². The zero-order chi connectivity index (χ0) is 11.9. The molecule has 0 aliphatic carbocycles. The predicted molar refractivity (Wildman–Crippen MR) is 38.0 cm³/mol. The van der Waals surface area contributed by atoms with E-state index in [-0.39, 0.29) is 13.0 Å². The number of aliphatic hydroxyl groups is 1. The van der Waals surface area contributed by atoms with Crippen LogP contribution in [0.3, 0.4) is 0 Å². The summed E-state index contributed by atoms with van der Waals surface area (Å²) >= 11 is 0. The van der Waals surface area contributed by atoms with Crippen LogP contribution in [0.4, 0.5) is 26.3 Å². The summed E-state index contributed by atoms with van der Waals surface area (Å²) in [5.74, 6) is -1.88. The van der Waals surface area contributed by atoms with E-state index in [1.807, 2.05) is 0 Å². The number of hydrogen-bond acceptors (Lipinski definition) is 2. The van der Waals surface area contributed by atoms with E-state index < -0.39 is 30.4 Å². The molecular formula is C7H9F6NO. The molecule has 1 aliphatic heterocycles. The molecule has 1 rings (SSSR count). The van der Waals surface area contributed by atoms with Crippen molar-refractivity contribution in [3.05, 3.63) is 0 Å². The van der Waals surface area contributed by atoms with Gasteiger partial charge in [-0.2, -0.15) is 26.3 Å². The lowest BCUT2D eigenvalue weighted by Gasteiger charge is -2.36. The molecule has 0 saturated carbocycles. The Kier molecular flexibility index (Phi) is 2.94. The van der Waals surface area contributed by atoms with Gasteiger partial charge in [-0.25, -0.2) is 0 Å². The van der Waals surface area contributed by atoms with Gasteiger partial charge in [0.25, 0.3) is 5.60 Å². The monoisotopic (exact) mass is 237 g/mol. The Morgan fingerprint density at radius 1 is 1.00 bits per heavy atom. The molecule has 0 aromatic carbocycles. The van der Waals surface area contributed by atoms with E-state index in [2.05, 4.69) is 5.32 Å². The summed E-state index contributed by atoms with van der Waals surface area (Å²) in [4.78, 5) is 0. The van der Waals surface area contributed by atoms with Gasteiger partial charge in [-0.1, -0.05) is 0 Å². The summed E-state index contributed by atoms with van der Waals surface area (Å²) in [6, 6.07) is 0. The van der Waals surface area contributed by atoms with Crippen LogP contribution in [-0.2, 0) is 0 Å². The molecule has 1 fully saturated rings. The molecule has 1 aliphatic rings. The van der Waals surface area contributed by atoms with Crippen LogP contribution in [-0.4, -0.2) is 36.1 Å². The summed E-state index contributed by atoms with van der Waals surface area (Å²) in [5, 5.41) is 11.3. The van der Waals surface area contributed by atoms with E-state index in [0.717, 1.165) is 0 Å². The van der Waals surface area contributed by atoms with Crippen molar-refractivity contribution in [3.63, 3.8) is 0 Å². The van der Waals surface area contributed by atoms with Gasteiger partial charge in [0.2, 0.25) is 0 Å². The lowest BCUT2D eigenvalue weighted by atomic mass is 9.85. The normalized spacial score (nSPS) is 24.6. The molecule has 2 nitrogen and oxygen atoms in total. The highest BCUT2D eigenvalue weighted by molar-refractivity contribution is 5.01. The lowest BCUT2D eigenvalue weighted by molar-refractivity contribution is -0.383. The highest BCUT2D eigenvalue weighted by atomic mass is 19.4. The molecule has 8 heteroatoms. The quantitative estimate of drug-likeness (QED) is 0.676. The minimum absolute atomic E-state index is 0.0408. The fourth-order valence-electron chi connectivity index (χ4n) is 1.63. The van der Waals surface area contributed by atoms with E-state index >= 15 is 0 Å². The Bertz CT molecular complexity index is 215. The van der Waals surface area contributed by atoms with E-state index in [1.54, 1.807) is 0 Å². The topological polar surface area (TPSA) is 32.3 Å². The van der Waals surface area contributed by atoms with Crippen molar-refractivity contribution < 1.29 is 31.4 Å². The highest BCUT2D eigenvalue weighted by Crippen LogP contribution is 2.49. The van der Waals surface area contributed by atoms with E-state index in [0.29, 0.717) is 0 Å². The molecule has 0 spiro atoms. The summed E-state index contributed by atoms with van der Waals surface area (Å²) in [6.45, 7) is -0.450. The Hall–Kier alpha value is -0.500. The Balaban J connectivity index is 3.06. The van der Waals surface area contributed by atoms with E-state index in [1.165, 1.54) is 0 Å². The van der Waals surface area contributed by atoms with Crippen LogP contribution in [0, 0.1) is 5.92 Å². The van der Waals surface area contributed by atoms with Crippen LogP contribution in [0.15, 0.2) is 0 Å². The third kappa shape index (κ3) is 1.92. The first-order chi connectivity index (χ1) is 6.61. The first kappa shape index (κ1) is 12.6. The van der Waals surface area contributed by atoms with Gasteiger partial charge in [-0.15, -0.1) is 0 Å². The summed E-state index contributed by atoms with van der Waals surface area (Å²) in [7, 11) is 0. The van der Waals surface area contributed by atoms with Gasteiger partial charge in [0.05, 0.1) is 0 Å². The third-order valence-corrected chi connectivity index (χ3v) is 2.52. The van der Waals surface area contributed by atoms with Gasteiger partial charge in [-0.3, -0.25) is 0 Å². The Labute approximate surface area is 81.3 Å².